The molecule has 3 nitrogen and oxygen atoms in total. The maximum Gasteiger partial charge on any atom is 0.0662 e. The molecule has 0 aliphatic carbocycles. The van der Waals surface area contributed by atoms with Gasteiger partial charge in [0.05, 0.1) is 18.8 Å². The third-order valence-corrected chi connectivity index (χ3v) is 0.948. The fourth-order valence-electron chi connectivity index (χ4n) is 0.701. The molecule has 0 aromatic rings. The highest BCUT2D eigenvalue weighted by Crippen LogP contribution is 1.98. The van der Waals surface area contributed by atoms with Gasteiger partial charge >= 0.3 is 0 Å². The lowest BCUT2D eigenvalue weighted by molar-refractivity contribution is 0.0732. The molecule has 10 heavy (non-hydrogen) atoms. The van der Waals surface area contributed by atoms with Gasteiger partial charge in [0.1, 0.15) is 0 Å². The summed E-state index contributed by atoms with van der Waals surface area (Å²) in [5.74, 6) is 0. The molecule has 2 N–H and O–H groups in total. The Kier molecular flexibility index (Phi) is 7.58. The number of halogens is 1. The van der Waals surface area contributed by atoms with Crippen molar-refractivity contribution in [3.8, 4) is 0 Å². The zero-order valence-corrected chi connectivity index (χ0v) is 7.53. The highest BCUT2D eigenvalue weighted by molar-refractivity contribution is 5.85. The summed E-state index contributed by atoms with van der Waals surface area (Å²) < 4.78 is 9.71. The molecule has 0 saturated carbocycles. The predicted molar refractivity (Wildman–Crippen MR) is 43.6 cm³/mol. The Labute approximate surface area is 68.3 Å². The Morgan fingerprint density at radius 2 is 1.50 bits per heavy atom. The van der Waals surface area contributed by atoms with E-state index in [0.29, 0.717) is 13.2 Å². The number of ether oxygens (including phenoxy) is 2. The Hall–Kier alpha value is 0.170. The molecule has 0 amide bonds. The van der Waals surface area contributed by atoms with E-state index < -0.39 is 0 Å². The first-order valence-electron chi connectivity index (χ1n) is 2.89. The largest absolute Gasteiger partial charge is 0.383 e. The fourth-order valence-corrected chi connectivity index (χ4v) is 0.701. The van der Waals surface area contributed by atoms with E-state index in [0.717, 1.165) is 0 Å². The summed E-state index contributed by atoms with van der Waals surface area (Å²) in [6.45, 7) is 2.95. The summed E-state index contributed by atoms with van der Waals surface area (Å²) in [6, 6.07) is 0. The number of hydrogen-bond acceptors (Lipinski definition) is 3. The van der Waals surface area contributed by atoms with Gasteiger partial charge in [-0.15, -0.1) is 12.4 Å². The Balaban J connectivity index is 0. The van der Waals surface area contributed by atoms with Gasteiger partial charge in [0.15, 0.2) is 0 Å². The van der Waals surface area contributed by atoms with E-state index in [1.165, 1.54) is 0 Å². The summed E-state index contributed by atoms with van der Waals surface area (Å²) in [5.41, 5.74) is 5.34. The summed E-state index contributed by atoms with van der Waals surface area (Å²) in [6.07, 6.45) is 0. The zero-order chi connectivity index (χ0) is 7.33. The molecular weight excluding hydrogens is 154 g/mol. The Morgan fingerprint density at radius 3 is 1.70 bits per heavy atom. The summed E-state index contributed by atoms with van der Waals surface area (Å²) in [7, 11) is 3.25. The van der Waals surface area contributed by atoms with Gasteiger partial charge < -0.3 is 15.2 Å². The molecule has 0 aliphatic rings. The minimum absolute atomic E-state index is 0. The van der Waals surface area contributed by atoms with Gasteiger partial charge in [0.25, 0.3) is 0 Å². The average Bonchev–Trinajstić information content (AvgIpc) is 1.64. The third-order valence-electron chi connectivity index (χ3n) is 0.948. The molecule has 0 aromatic carbocycles. The van der Waals surface area contributed by atoms with Gasteiger partial charge in [-0.2, -0.15) is 0 Å². The van der Waals surface area contributed by atoms with Crippen LogP contribution >= 0.6 is 12.4 Å². The highest BCUT2D eigenvalue weighted by atomic mass is 35.5. The zero-order valence-electron chi connectivity index (χ0n) is 6.72. The molecule has 0 spiro atoms. The number of rotatable bonds is 4. The van der Waals surface area contributed by atoms with Crippen molar-refractivity contribution in [2.24, 2.45) is 5.73 Å². The molecule has 0 aromatic heterocycles. The standard InChI is InChI=1S/C6H15NO2.ClH/c1-6(7,4-8-2)5-9-3;/h4-5,7H2,1-3H3;1H. The summed E-state index contributed by atoms with van der Waals surface area (Å²) >= 11 is 0. The first-order chi connectivity index (χ1) is 4.12. The summed E-state index contributed by atoms with van der Waals surface area (Å²) in [5, 5.41) is 0. The lowest BCUT2D eigenvalue weighted by Gasteiger charge is -2.21. The maximum absolute atomic E-state index is 5.69. The smallest absolute Gasteiger partial charge is 0.0662 e. The molecule has 0 aliphatic heterocycles. The number of hydrogen-bond donors (Lipinski definition) is 1. The van der Waals surface area contributed by atoms with Crippen LogP contribution in [0.4, 0.5) is 0 Å². The van der Waals surface area contributed by atoms with Crippen LogP contribution in [-0.2, 0) is 9.47 Å². The van der Waals surface area contributed by atoms with Crippen molar-refractivity contribution < 1.29 is 9.47 Å². The molecule has 0 fully saturated rings. The van der Waals surface area contributed by atoms with Gasteiger partial charge in [-0.05, 0) is 6.92 Å². The number of methoxy groups -OCH3 is 2. The van der Waals surface area contributed by atoms with Gasteiger partial charge in [0, 0.05) is 14.2 Å². The van der Waals surface area contributed by atoms with Crippen molar-refractivity contribution in [3.63, 3.8) is 0 Å². The van der Waals surface area contributed by atoms with E-state index in [9.17, 15) is 0 Å². The molecule has 0 saturated heterocycles. The van der Waals surface area contributed by atoms with Gasteiger partial charge in [0.2, 0.25) is 0 Å². The van der Waals surface area contributed by atoms with Gasteiger partial charge in [-0.25, -0.2) is 0 Å². The van der Waals surface area contributed by atoms with E-state index >= 15 is 0 Å². The minimum Gasteiger partial charge on any atom is -0.383 e. The van der Waals surface area contributed by atoms with Crippen molar-refractivity contribution in [3.05, 3.63) is 0 Å². The van der Waals surface area contributed by atoms with Crippen LogP contribution in [0.3, 0.4) is 0 Å². The van der Waals surface area contributed by atoms with Crippen LogP contribution in [0.2, 0.25) is 0 Å². The van der Waals surface area contributed by atoms with Crippen LogP contribution in [0.1, 0.15) is 6.92 Å². The molecule has 64 valence electrons. The van der Waals surface area contributed by atoms with E-state index in [4.69, 9.17) is 15.2 Å². The van der Waals surface area contributed by atoms with Crippen molar-refractivity contribution in [2.45, 2.75) is 12.5 Å². The second-order valence-corrected chi connectivity index (χ2v) is 2.52. The van der Waals surface area contributed by atoms with E-state index in [1.54, 1.807) is 14.2 Å². The normalized spacial score (nSPS) is 10.8. The van der Waals surface area contributed by atoms with Crippen molar-refractivity contribution in [1.29, 1.82) is 0 Å². The SMILES string of the molecule is COCC(C)(N)COC.Cl. The first kappa shape index (κ1) is 12.8. The van der Waals surface area contributed by atoms with E-state index in [2.05, 4.69) is 0 Å². The molecule has 0 bridgehead atoms. The van der Waals surface area contributed by atoms with E-state index in [1.807, 2.05) is 6.92 Å². The molecule has 0 heterocycles. The Morgan fingerprint density at radius 1 is 1.20 bits per heavy atom. The van der Waals surface area contributed by atoms with Crippen LogP contribution in [-0.4, -0.2) is 33.0 Å². The van der Waals surface area contributed by atoms with Crippen LogP contribution in [0, 0.1) is 0 Å². The minimum atomic E-state index is -0.344. The fraction of sp³-hybridized carbons (Fsp3) is 1.00. The lowest BCUT2D eigenvalue weighted by Crippen LogP contribution is -2.45. The van der Waals surface area contributed by atoms with Crippen molar-refractivity contribution >= 4 is 12.4 Å². The quantitative estimate of drug-likeness (QED) is 0.664. The van der Waals surface area contributed by atoms with Crippen LogP contribution in [0.5, 0.6) is 0 Å². The molecule has 4 heteroatoms. The molecule has 0 unspecified atom stereocenters. The monoisotopic (exact) mass is 169 g/mol. The number of nitrogens with two attached hydrogens (primary N) is 1. The van der Waals surface area contributed by atoms with E-state index in [-0.39, 0.29) is 17.9 Å². The lowest BCUT2D eigenvalue weighted by atomic mass is 10.1. The van der Waals surface area contributed by atoms with Crippen LogP contribution < -0.4 is 5.73 Å². The van der Waals surface area contributed by atoms with Crippen molar-refractivity contribution in [2.75, 3.05) is 27.4 Å². The van der Waals surface area contributed by atoms with Crippen LogP contribution in [0.25, 0.3) is 0 Å². The summed E-state index contributed by atoms with van der Waals surface area (Å²) in [4.78, 5) is 0. The topological polar surface area (TPSA) is 44.5 Å². The van der Waals surface area contributed by atoms with Gasteiger partial charge in [-0.1, -0.05) is 0 Å². The average molecular weight is 170 g/mol. The second-order valence-electron chi connectivity index (χ2n) is 2.52. The molecule has 0 atom stereocenters. The third kappa shape index (κ3) is 6.29. The molecular formula is C6H16ClNO2. The predicted octanol–water partition coefficient (Wildman–Crippen LogP) is 0.418. The highest BCUT2D eigenvalue weighted by Gasteiger charge is 2.16. The maximum atomic E-state index is 5.69. The van der Waals surface area contributed by atoms with Crippen LogP contribution in [0.15, 0.2) is 0 Å². The Bertz CT molecular complexity index is 70.1. The van der Waals surface area contributed by atoms with Crippen molar-refractivity contribution in [1.82, 2.24) is 0 Å². The molecule has 0 rings (SSSR count). The molecule has 0 radical (unpaired) electrons. The second kappa shape index (κ2) is 5.92. The first-order valence-corrected chi connectivity index (χ1v) is 2.89. The van der Waals surface area contributed by atoms with Gasteiger partial charge in [-0.3, -0.25) is 0 Å².